The number of ether oxygens (including phenoxy) is 1. The fraction of sp³-hybridized carbons (Fsp3) is 0.778. The Bertz CT molecular complexity index is 520. The van der Waals surface area contributed by atoms with Gasteiger partial charge in [-0.2, -0.15) is 5.10 Å². The van der Waals surface area contributed by atoms with Gasteiger partial charge in [-0.1, -0.05) is 26.7 Å². The number of nitrogens with one attached hydrogen (secondary N) is 1. The standard InChI is InChI=1S/C18H29N3O2/c1-13(2)12-17-15(8-5-11-23-17)19-18(22)16-9-10-21(20-16)14-6-3-4-7-14/h9-10,13-15,17H,3-8,11-12H2,1-2H3,(H,19,22)/t15-,17-/m1/s1. The van der Waals surface area contributed by atoms with Gasteiger partial charge in [-0.15, -0.1) is 0 Å². The van der Waals surface area contributed by atoms with Gasteiger partial charge in [0.1, 0.15) is 5.69 Å². The Morgan fingerprint density at radius 1 is 1.35 bits per heavy atom. The molecule has 5 nitrogen and oxygen atoms in total. The quantitative estimate of drug-likeness (QED) is 0.906. The Kier molecular flexibility index (Phi) is 5.36. The highest BCUT2D eigenvalue weighted by Crippen LogP contribution is 2.28. The molecule has 1 saturated carbocycles. The average Bonchev–Trinajstić information content (AvgIpc) is 3.19. The monoisotopic (exact) mass is 319 g/mol. The molecule has 2 atom stereocenters. The maximum atomic E-state index is 12.5. The predicted molar refractivity (Wildman–Crippen MR) is 89.4 cm³/mol. The molecule has 2 aliphatic rings. The number of hydrogen-bond acceptors (Lipinski definition) is 3. The maximum absolute atomic E-state index is 12.5. The summed E-state index contributed by atoms with van der Waals surface area (Å²) >= 11 is 0. The average molecular weight is 319 g/mol. The van der Waals surface area contributed by atoms with Gasteiger partial charge in [0.2, 0.25) is 0 Å². The molecular weight excluding hydrogens is 290 g/mol. The molecule has 1 saturated heterocycles. The van der Waals surface area contributed by atoms with Crippen LogP contribution in [0.2, 0.25) is 0 Å². The summed E-state index contributed by atoms with van der Waals surface area (Å²) in [6.07, 6.45) is 9.96. The van der Waals surface area contributed by atoms with Crippen molar-refractivity contribution in [3.63, 3.8) is 0 Å². The lowest BCUT2D eigenvalue weighted by Crippen LogP contribution is -2.47. The molecule has 3 rings (SSSR count). The molecule has 1 aromatic rings. The number of amides is 1. The smallest absolute Gasteiger partial charge is 0.272 e. The fourth-order valence-corrected chi connectivity index (χ4v) is 3.78. The van der Waals surface area contributed by atoms with Gasteiger partial charge in [0.15, 0.2) is 0 Å². The van der Waals surface area contributed by atoms with Crippen molar-refractivity contribution < 1.29 is 9.53 Å². The number of carbonyl (C=O) groups excluding carboxylic acids is 1. The van der Waals surface area contributed by atoms with E-state index in [0.29, 0.717) is 17.7 Å². The lowest BCUT2D eigenvalue weighted by atomic mass is 9.94. The van der Waals surface area contributed by atoms with E-state index in [4.69, 9.17) is 4.74 Å². The normalized spacial score (nSPS) is 25.9. The highest BCUT2D eigenvalue weighted by Gasteiger charge is 2.29. The minimum absolute atomic E-state index is 0.0639. The van der Waals surface area contributed by atoms with Crippen molar-refractivity contribution >= 4 is 5.91 Å². The van der Waals surface area contributed by atoms with Gasteiger partial charge < -0.3 is 10.1 Å². The Hall–Kier alpha value is -1.36. The van der Waals surface area contributed by atoms with Gasteiger partial charge >= 0.3 is 0 Å². The topological polar surface area (TPSA) is 56.1 Å². The van der Waals surface area contributed by atoms with Crippen molar-refractivity contribution in [2.75, 3.05) is 6.61 Å². The molecule has 0 spiro atoms. The second kappa shape index (κ2) is 7.47. The summed E-state index contributed by atoms with van der Waals surface area (Å²) in [6, 6.07) is 2.42. The van der Waals surface area contributed by atoms with E-state index in [9.17, 15) is 4.79 Å². The van der Waals surface area contributed by atoms with Gasteiger partial charge in [-0.3, -0.25) is 9.48 Å². The summed E-state index contributed by atoms with van der Waals surface area (Å²) in [7, 11) is 0. The molecule has 0 bridgehead atoms. The first-order chi connectivity index (χ1) is 11.1. The molecule has 2 fully saturated rings. The number of aromatic nitrogens is 2. The van der Waals surface area contributed by atoms with E-state index in [2.05, 4.69) is 24.3 Å². The van der Waals surface area contributed by atoms with Crippen LogP contribution in [0.5, 0.6) is 0 Å². The first-order valence-electron chi connectivity index (χ1n) is 9.11. The Labute approximate surface area is 138 Å². The first-order valence-corrected chi connectivity index (χ1v) is 9.11. The van der Waals surface area contributed by atoms with Crippen LogP contribution in [-0.4, -0.2) is 34.4 Å². The van der Waals surface area contributed by atoms with E-state index in [1.54, 1.807) is 0 Å². The third-order valence-corrected chi connectivity index (χ3v) is 5.00. The summed E-state index contributed by atoms with van der Waals surface area (Å²) in [5, 5.41) is 7.66. The van der Waals surface area contributed by atoms with E-state index < -0.39 is 0 Å². The van der Waals surface area contributed by atoms with Gasteiger partial charge in [0, 0.05) is 12.8 Å². The van der Waals surface area contributed by atoms with Crippen LogP contribution in [0, 0.1) is 5.92 Å². The zero-order valence-electron chi connectivity index (χ0n) is 14.3. The number of rotatable bonds is 5. The van der Waals surface area contributed by atoms with Crippen LogP contribution < -0.4 is 5.32 Å². The molecule has 1 aliphatic carbocycles. The van der Waals surface area contributed by atoms with Gasteiger partial charge in [-0.25, -0.2) is 0 Å². The molecule has 5 heteroatoms. The van der Waals surface area contributed by atoms with Crippen molar-refractivity contribution in [2.45, 2.75) is 77.0 Å². The number of nitrogens with zero attached hydrogens (tertiary/aromatic N) is 2. The Morgan fingerprint density at radius 2 is 2.13 bits per heavy atom. The third kappa shape index (κ3) is 4.14. The lowest BCUT2D eigenvalue weighted by Gasteiger charge is -2.33. The Balaban J connectivity index is 1.61. The van der Waals surface area contributed by atoms with E-state index in [1.807, 2.05) is 16.9 Å². The van der Waals surface area contributed by atoms with Crippen molar-refractivity contribution in [3.8, 4) is 0 Å². The molecule has 1 aromatic heterocycles. The molecule has 23 heavy (non-hydrogen) atoms. The SMILES string of the molecule is CC(C)C[C@H]1OCCC[C@H]1NC(=O)c1ccn(C2CCCC2)n1. The molecule has 1 N–H and O–H groups in total. The summed E-state index contributed by atoms with van der Waals surface area (Å²) in [6.45, 7) is 5.19. The molecule has 1 amide bonds. The van der Waals surface area contributed by atoms with E-state index >= 15 is 0 Å². The van der Waals surface area contributed by atoms with Crippen LogP contribution in [-0.2, 0) is 4.74 Å². The predicted octanol–water partition coefficient (Wildman–Crippen LogP) is 3.32. The van der Waals surface area contributed by atoms with Crippen LogP contribution in [0.3, 0.4) is 0 Å². The Morgan fingerprint density at radius 3 is 2.87 bits per heavy atom. The van der Waals surface area contributed by atoms with Crippen LogP contribution in [0.1, 0.15) is 75.3 Å². The summed E-state index contributed by atoms with van der Waals surface area (Å²) in [4.78, 5) is 12.5. The second-order valence-corrected chi connectivity index (χ2v) is 7.38. The highest BCUT2D eigenvalue weighted by atomic mass is 16.5. The summed E-state index contributed by atoms with van der Waals surface area (Å²) in [5.41, 5.74) is 0.533. The summed E-state index contributed by atoms with van der Waals surface area (Å²) in [5.74, 6) is 0.505. The van der Waals surface area contributed by atoms with Crippen molar-refractivity contribution in [2.24, 2.45) is 5.92 Å². The molecule has 128 valence electrons. The van der Waals surface area contributed by atoms with Crippen molar-refractivity contribution in [1.82, 2.24) is 15.1 Å². The summed E-state index contributed by atoms with van der Waals surface area (Å²) < 4.78 is 7.86. The van der Waals surface area contributed by atoms with Gasteiger partial charge in [0.05, 0.1) is 18.2 Å². The van der Waals surface area contributed by atoms with Crippen LogP contribution in [0.15, 0.2) is 12.3 Å². The van der Waals surface area contributed by atoms with Crippen molar-refractivity contribution in [1.29, 1.82) is 0 Å². The minimum atomic E-state index is -0.0639. The van der Waals surface area contributed by atoms with Gasteiger partial charge in [0.25, 0.3) is 5.91 Å². The van der Waals surface area contributed by atoms with Crippen LogP contribution in [0.25, 0.3) is 0 Å². The van der Waals surface area contributed by atoms with Gasteiger partial charge in [-0.05, 0) is 44.1 Å². The van der Waals surface area contributed by atoms with E-state index in [0.717, 1.165) is 25.9 Å². The fourth-order valence-electron chi connectivity index (χ4n) is 3.78. The van der Waals surface area contributed by atoms with Crippen LogP contribution >= 0.6 is 0 Å². The van der Waals surface area contributed by atoms with E-state index in [-0.39, 0.29) is 18.1 Å². The maximum Gasteiger partial charge on any atom is 0.272 e. The third-order valence-electron chi connectivity index (χ3n) is 5.00. The zero-order valence-corrected chi connectivity index (χ0v) is 14.3. The molecule has 0 radical (unpaired) electrons. The molecule has 0 unspecified atom stereocenters. The van der Waals surface area contributed by atoms with Crippen LogP contribution in [0.4, 0.5) is 0 Å². The van der Waals surface area contributed by atoms with E-state index in [1.165, 1.54) is 25.7 Å². The molecule has 0 aromatic carbocycles. The van der Waals surface area contributed by atoms with Crippen molar-refractivity contribution in [3.05, 3.63) is 18.0 Å². The number of hydrogen-bond donors (Lipinski definition) is 1. The second-order valence-electron chi connectivity index (χ2n) is 7.38. The largest absolute Gasteiger partial charge is 0.376 e. The number of carbonyl (C=O) groups is 1. The molecule has 1 aliphatic heterocycles. The highest BCUT2D eigenvalue weighted by molar-refractivity contribution is 5.92. The first kappa shape index (κ1) is 16.5. The lowest BCUT2D eigenvalue weighted by molar-refractivity contribution is -0.0186. The minimum Gasteiger partial charge on any atom is -0.376 e. The zero-order chi connectivity index (χ0) is 16.2. The molecular formula is C18H29N3O2. The molecule has 2 heterocycles.